The molecular weight excluding hydrogens is 490 g/mol. The van der Waals surface area contributed by atoms with E-state index in [1.54, 1.807) is 0 Å². The fourth-order valence-corrected chi connectivity index (χ4v) is 6.62. The highest BCUT2D eigenvalue weighted by Gasteiger charge is 2.33. The topological polar surface area (TPSA) is 37.4 Å². The molecule has 3 heteroatoms. The highest BCUT2D eigenvalue weighted by molar-refractivity contribution is 5.87. The highest BCUT2D eigenvalue weighted by Crippen LogP contribution is 2.27. The van der Waals surface area contributed by atoms with Gasteiger partial charge in [0.1, 0.15) is 5.78 Å². The van der Waals surface area contributed by atoms with Crippen molar-refractivity contribution in [3.05, 3.63) is 0 Å². The molecule has 0 radical (unpaired) electrons. The Labute approximate surface area is 251 Å². The first-order valence-electron chi connectivity index (χ1n) is 18.4. The molecule has 1 unspecified atom stereocenters. The number of carbonyl (C=O) groups excluding carboxylic acids is 2. The van der Waals surface area contributed by atoms with E-state index >= 15 is 0 Å². The van der Waals surface area contributed by atoms with Crippen LogP contribution in [0, 0.1) is 11.8 Å². The Bertz CT molecular complexity index is 589. The van der Waals surface area contributed by atoms with Crippen molar-refractivity contribution in [2.75, 3.05) is 13.1 Å². The van der Waals surface area contributed by atoms with Crippen LogP contribution in [0.2, 0.25) is 0 Å². The number of amides is 1. The van der Waals surface area contributed by atoms with E-state index in [1.807, 2.05) is 0 Å². The molecule has 40 heavy (non-hydrogen) atoms. The fraction of sp³-hybridized carbons (Fsp3) is 0.946. The number of carbonyl (C=O) groups is 2. The summed E-state index contributed by atoms with van der Waals surface area (Å²) >= 11 is 0. The van der Waals surface area contributed by atoms with E-state index in [4.69, 9.17) is 0 Å². The Kier molecular flexibility index (Phi) is 25.1. The van der Waals surface area contributed by atoms with Crippen LogP contribution in [0.3, 0.4) is 0 Å². The molecule has 1 rings (SSSR count). The van der Waals surface area contributed by atoms with Gasteiger partial charge in [-0.25, -0.2) is 0 Å². The maximum absolute atomic E-state index is 13.1. The molecule has 1 aliphatic heterocycles. The molecule has 0 aromatic rings. The minimum atomic E-state index is -0.0595. The van der Waals surface area contributed by atoms with Crippen molar-refractivity contribution in [2.45, 2.75) is 201 Å². The van der Waals surface area contributed by atoms with Crippen molar-refractivity contribution in [1.82, 2.24) is 4.90 Å². The summed E-state index contributed by atoms with van der Waals surface area (Å²) in [5, 5.41) is 0. The van der Waals surface area contributed by atoms with E-state index in [-0.39, 0.29) is 11.8 Å². The average molecular weight is 562 g/mol. The first kappa shape index (κ1) is 37.2. The summed E-state index contributed by atoms with van der Waals surface area (Å²) in [6, 6.07) is 0. The molecule has 1 fully saturated rings. The number of nitrogens with zero attached hydrogens (tertiary/aromatic N) is 1. The molecule has 3 nitrogen and oxygen atoms in total. The number of Topliss-reactive ketones (excluding diaryl/α,β-unsaturated/α-hetero) is 1. The van der Waals surface area contributed by atoms with E-state index in [9.17, 15) is 9.59 Å². The SMILES string of the molecule is CCCCCCCCCCCCCCCCCC(=O)C[C@H]1CC(C)CN(CCCCCCCCCCCC)C1=O. The summed E-state index contributed by atoms with van der Waals surface area (Å²) in [6.07, 6.45) is 35.5. The Hall–Kier alpha value is -0.860. The maximum Gasteiger partial charge on any atom is 0.226 e. The Morgan fingerprint density at radius 2 is 0.975 bits per heavy atom. The molecule has 0 aromatic carbocycles. The zero-order valence-corrected chi connectivity index (χ0v) is 27.6. The molecule has 1 saturated heterocycles. The normalized spacial score (nSPS) is 17.6. The van der Waals surface area contributed by atoms with Crippen LogP contribution >= 0.6 is 0 Å². The lowest BCUT2D eigenvalue weighted by Crippen LogP contribution is -2.45. The third kappa shape index (κ3) is 20.9. The highest BCUT2D eigenvalue weighted by atomic mass is 16.2. The average Bonchev–Trinajstić information content (AvgIpc) is 2.94. The summed E-state index contributed by atoms with van der Waals surface area (Å²) in [5.74, 6) is 1.04. The number of unbranched alkanes of at least 4 members (excludes halogenated alkanes) is 23. The first-order valence-corrected chi connectivity index (χ1v) is 18.4. The van der Waals surface area contributed by atoms with Gasteiger partial charge in [-0.05, 0) is 25.2 Å². The minimum absolute atomic E-state index is 0.0595. The van der Waals surface area contributed by atoms with E-state index in [1.165, 1.54) is 148 Å². The lowest BCUT2D eigenvalue weighted by molar-refractivity contribution is -0.142. The van der Waals surface area contributed by atoms with Gasteiger partial charge in [-0.1, -0.05) is 168 Å². The second-order valence-electron chi connectivity index (χ2n) is 13.4. The quantitative estimate of drug-likeness (QED) is 0.0851. The predicted molar refractivity (Wildman–Crippen MR) is 175 cm³/mol. The van der Waals surface area contributed by atoms with Crippen molar-refractivity contribution < 1.29 is 9.59 Å². The van der Waals surface area contributed by atoms with Gasteiger partial charge < -0.3 is 4.90 Å². The zero-order valence-electron chi connectivity index (χ0n) is 27.6. The second kappa shape index (κ2) is 27.0. The van der Waals surface area contributed by atoms with Crippen molar-refractivity contribution in [3.8, 4) is 0 Å². The van der Waals surface area contributed by atoms with E-state index < -0.39 is 0 Å². The molecule has 0 N–H and O–H groups in total. The molecule has 2 atom stereocenters. The molecule has 236 valence electrons. The molecule has 0 saturated carbocycles. The number of hydrogen-bond donors (Lipinski definition) is 0. The molecule has 0 aliphatic carbocycles. The third-order valence-corrected chi connectivity index (χ3v) is 9.19. The molecular formula is C37H71NO2. The summed E-state index contributed by atoms with van der Waals surface area (Å²) in [4.78, 5) is 27.8. The number of likely N-dealkylation sites (tertiary alicyclic amines) is 1. The molecule has 1 aliphatic rings. The second-order valence-corrected chi connectivity index (χ2v) is 13.4. The van der Waals surface area contributed by atoms with Crippen LogP contribution in [-0.4, -0.2) is 29.7 Å². The van der Waals surface area contributed by atoms with E-state index in [0.29, 0.717) is 24.5 Å². The summed E-state index contributed by atoms with van der Waals surface area (Å²) < 4.78 is 0. The first-order chi connectivity index (χ1) is 19.6. The van der Waals surface area contributed by atoms with Gasteiger partial charge in [0.25, 0.3) is 0 Å². The van der Waals surface area contributed by atoms with Gasteiger partial charge in [0, 0.05) is 31.8 Å². The summed E-state index contributed by atoms with van der Waals surface area (Å²) in [5.41, 5.74) is 0. The van der Waals surface area contributed by atoms with Crippen molar-refractivity contribution in [2.24, 2.45) is 11.8 Å². The molecule has 1 heterocycles. The molecule has 0 bridgehead atoms. The largest absolute Gasteiger partial charge is 0.342 e. The van der Waals surface area contributed by atoms with Crippen LogP contribution in [0.15, 0.2) is 0 Å². The van der Waals surface area contributed by atoms with Crippen molar-refractivity contribution in [3.63, 3.8) is 0 Å². The summed E-state index contributed by atoms with van der Waals surface area (Å²) in [6.45, 7) is 8.59. The molecule has 0 spiro atoms. The van der Waals surface area contributed by atoms with Crippen LogP contribution in [0.1, 0.15) is 201 Å². The summed E-state index contributed by atoms with van der Waals surface area (Å²) in [7, 11) is 0. The van der Waals surface area contributed by atoms with Gasteiger partial charge in [-0.2, -0.15) is 0 Å². The lowest BCUT2D eigenvalue weighted by Gasteiger charge is -2.36. The molecule has 1 amide bonds. The smallest absolute Gasteiger partial charge is 0.226 e. The van der Waals surface area contributed by atoms with Crippen molar-refractivity contribution in [1.29, 1.82) is 0 Å². The van der Waals surface area contributed by atoms with Crippen LogP contribution in [-0.2, 0) is 9.59 Å². The van der Waals surface area contributed by atoms with Gasteiger partial charge in [0.15, 0.2) is 0 Å². The number of hydrogen-bond acceptors (Lipinski definition) is 2. The van der Waals surface area contributed by atoms with Gasteiger partial charge in [0.2, 0.25) is 5.91 Å². The predicted octanol–water partition coefficient (Wildman–Crippen LogP) is 11.6. The van der Waals surface area contributed by atoms with Crippen LogP contribution in [0.5, 0.6) is 0 Å². The molecule has 0 aromatic heterocycles. The van der Waals surface area contributed by atoms with Gasteiger partial charge in [-0.15, -0.1) is 0 Å². The zero-order chi connectivity index (χ0) is 29.1. The number of piperidine rings is 1. The van der Waals surface area contributed by atoms with Crippen LogP contribution < -0.4 is 0 Å². The fourth-order valence-electron chi connectivity index (χ4n) is 6.62. The number of rotatable bonds is 29. The Balaban J connectivity index is 2.01. The van der Waals surface area contributed by atoms with Crippen molar-refractivity contribution >= 4 is 11.7 Å². The standard InChI is InChI=1S/C37H71NO2/c1-4-6-8-10-12-14-16-17-18-19-20-21-23-25-27-29-36(39)32-35-31-34(3)33-38(37(35)40)30-28-26-24-22-15-13-11-9-7-5-2/h34-35H,4-33H2,1-3H3/t34?,35-/m1/s1. The minimum Gasteiger partial charge on any atom is -0.342 e. The van der Waals surface area contributed by atoms with Gasteiger partial charge in [0.05, 0.1) is 0 Å². The number of ketones is 1. The van der Waals surface area contributed by atoms with Crippen LogP contribution in [0.25, 0.3) is 0 Å². The van der Waals surface area contributed by atoms with Gasteiger partial charge in [-0.3, -0.25) is 9.59 Å². The maximum atomic E-state index is 13.1. The van der Waals surface area contributed by atoms with Crippen LogP contribution in [0.4, 0.5) is 0 Å². The van der Waals surface area contributed by atoms with E-state index in [2.05, 4.69) is 25.7 Å². The lowest BCUT2D eigenvalue weighted by atomic mass is 9.85. The third-order valence-electron chi connectivity index (χ3n) is 9.19. The monoisotopic (exact) mass is 562 g/mol. The van der Waals surface area contributed by atoms with E-state index in [0.717, 1.165) is 32.4 Å². The Morgan fingerprint density at radius 1 is 0.600 bits per heavy atom. The Morgan fingerprint density at radius 3 is 1.40 bits per heavy atom. The van der Waals surface area contributed by atoms with Gasteiger partial charge >= 0.3 is 0 Å².